The Morgan fingerprint density at radius 1 is 0.538 bits per heavy atom. The van der Waals surface area contributed by atoms with Gasteiger partial charge in [-0.2, -0.15) is 0 Å². The summed E-state index contributed by atoms with van der Waals surface area (Å²) in [7, 11) is 0. The van der Waals surface area contributed by atoms with Crippen LogP contribution in [0.2, 0.25) is 0 Å². The molecule has 1 heterocycles. The Morgan fingerprint density at radius 3 is 1.40 bits per heavy atom. The molecule has 1 rings (SSSR count). The average Bonchev–Trinajstić information content (AvgIpc) is 3.31. The number of unbranched alkanes of at least 4 members (excludes halogenated alkanes) is 30. The summed E-state index contributed by atoms with van der Waals surface area (Å²) in [5.74, 6) is -0.703. The summed E-state index contributed by atoms with van der Waals surface area (Å²) in [5, 5.41) is 76.0. The predicted molar refractivity (Wildman–Crippen MR) is 266 cm³/mol. The number of amides is 1. The second-order valence-corrected chi connectivity index (χ2v) is 19.3. The van der Waals surface area contributed by atoms with Crippen molar-refractivity contribution < 1.29 is 50.0 Å². The van der Waals surface area contributed by atoms with Gasteiger partial charge in [0, 0.05) is 0 Å². The highest BCUT2D eigenvalue weighted by Gasteiger charge is 2.44. The molecule has 1 aliphatic rings. The standard InChI is InChI=1S/C54H103NO10/c1-3-5-7-9-11-13-15-17-19-21-22-23-24-25-26-28-29-31-33-35-37-39-41-46(57)49(59)45(44-64-54-52(62)51(61)50(60)48(43-56)65-54)55-53(63)47(58)42-40-38-36-34-32-30-27-20-18-16-14-12-10-8-6-4-2/h12,14,18,20,45-52,54,56-62H,3-11,13,15-17,19,21-44H2,1-2H3,(H,55,63)/b14-12-,20-18-. The molecule has 0 aliphatic carbocycles. The van der Waals surface area contributed by atoms with E-state index in [1.807, 2.05) is 0 Å². The molecular weight excluding hydrogens is 823 g/mol. The fraction of sp³-hybridized carbons (Fsp3) is 0.907. The maximum Gasteiger partial charge on any atom is 0.249 e. The van der Waals surface area contributed by atoms with Crippen LogP contribution in [0, 0.1) is 0 Å². The van der Waals surface area contributed by atoms with Crippen molar-refractivity contribution in [3.8, 4) is 0 Å². The van der Waals surface area contributed by atoms with Gasteiger partial charge in [0.2, 0.25) is 5.91 Å². The molecule has 65 heavy (non-hydrogen) atoms. The van der Waals surface area contributed by atoms with E-state index in [1.165, 1.54) is 141 Å². The normalized spacial score (nSPS) is 21.0. The summed E-state index contributed by atoms with van der Waals surface area (Å²) in [6, 6.07) is -1.17. The molecule has 384 valence electrons. The number of nitrogens with one attached hydrogen (secondary N) is 1. The summed E-state index contributed by atoms with van der Waals surface area (Å²) in [6.45, 7) is 3.44. The first-order valence-electron chi connectivity index (χ1n) is 27.2. The van der Waals surface area contributed by atoms with Gasteiger partial charge in [0.1, 0.15) is 36.6 Å². The second-order valence-electron chi connectivity index (χ2n) is 19.3. The Morgan fingerprint density at radius 2 is 0.938 bits per heavy atom. The Balaban J connectivity index is 2.35. The van der Waals surface area contributed by atoms with Crippen LogP contribution in [-0.2, 0) is 14.3 Å². The van der Waals surface area contributed by atoms with Crippen molar-refractivity contribution in [1.29, 1.82) is 0 Å². The molecule has 1 amide bonds. The molecule has 0 radical (unpaired) electrons. The molecule has 9 unspecified atom stereocenters. The molecular formula is C54H103NO10. The van der Waals surface area contributed by atoms with Crippen LogP contribution in [0.4, 0.5) is 0 Å². The molecule has 0 aromatic rings. The number of carbonyl (C=O) groups excluding carboxylic acids is 1. The van der Waals surface area contributed by atoms with Gasteiger partial charge < -0.3 is 50.5 Å². The predicted octanol–water partition coefficient (Wildman–Crippen LogP) is 10.6. The Bertz CT molecular complexity index is 1110. The summed E-state index contributed by atoms with van der Waals surface area (Å²) in [5.41, 5.74) is 0. The molecule has 1 aliphatic heterocycles. The van der Waals surface area contributed by atoms with E-state index in [4.69, 9.17) is 9.47 Å². The summed E-state index contributed by atoms with van der Waals surface area (Å²) in [6.07, 6.45) is 39.3. The number of aliphatic hydroxyl groups is 7. The van der Waals surface area contributed by atoms with E-state index in [2.05, 4.69) is 43.5 Å². The number of allylic oxidation sites excluding steroid dienone is 4. The molecule has 0 spiro atoms. The average molecular weight is 926 g/mol. The van der Waals surface area contributed by atoms with Gasteiger partial charge in [0.25, 0.3) is 0 Å². The lowest BCUT2D eigenvalue weighted by Crippen LogP contribution is -2.60. The number of rotatable bonds is 46. The highest BCUT2D eigenvalue weighted by molar-refractivity contribution is 5.80. The third kappa shape index (κ3) is 32.9. The second kappa shape index (κ2) is 43.8. The van der Waals surface area contributed by atoms with Gasteiger partial charge in [-0.15, -0.1) is 0 Å². The van der Waals surface area contributed by atoms with Crippen molar-refractivity contribution >= 4 is 5.91 Å². The van der Waals surface area contributed by atoms with E-state index < -0.39 is 74.2 Å². The van der Waals surface area contributed by atoms with Crippen LogP contribution < -0.4 is 5.32 Å². The van der Waals surface area contributed by atoms with Crippen LogP contribution in [-0.4, -0.2) is 110 Å². The van der Waals surface area contributed by atoms with Crippen molar-refractivity contribution in [1.82, 2.24) is 5.32 Å². The number of hydrogen-bond donors (Lipinski definition) is 8. The molecule has 0 bridgehead atoms. The zero-order chi connectivity index (χ0) is 47.6. The zero-order valence-electron chi connectivity index (χ0n) is 41.7. The van der Waals surface area contributed by atoms with E-state index in [1.54, 1.807) is 0 Å². The molecule has 0 saturated carbocycles. The molecule has 11 nitrogen and oxygen atoms in total. The van der Waals surface area contributed by atoms with Crippen molar-refractivity contribution in [3.63, 3.8) is 0 Å². The van der Waals surface area contributed by atoms with E-state index in [-0.39, 0.29) is 6.42 Å². The van der Waals surface area contributed by atoms with Gasteiger partial charge in [0.05, 0.1) is 25.4 Å². The van der Waals surface area contributed by atoms with Crippen molar-refractivity contribution in [3.05, 3.63) is 24.3 Å². The first-order chi connectivity index (χ1) is 31.7. The third-order valence-electron chi connectivity index (χ3n) is 13.3. The Labute approximate surface area is 397 Å². The monoisotopic (exact) mass is 926 g/mol. The van der Waals surface area contributed by atoms with Crippen molar-refractivity contribution in [2.24, 2.45) is 0 Å². The summed E-state index contributed by atoms with van der Waals surface area (Å²) in [4.78, 5) is 13.1. The van der Waals surface area contributed by atoms with Crippen molar-refractivity contribution in [2.75, 3.05) is 13.2 Å². The van der Waals surface area contributed by atoms with Crippen LogP contribution in [0.25, 0.3) is 0 Å². The van der Waals surface area contributed by atoms with Gasteiger partial charge in [-0.1, -0.05) is 224 Å². The number of carbonyl (C=O) groups is 1. The van der Waals surface area contributed by atoms with Gasteiger partial charge in [0.15, 0.2) is 6.29 Å². The largest absolute Gasteiger partial charge is 0.394 e. The fourth-order valence-electron chi connectivity index (χ4n) is 8.77. The topological polar surface area (TPSA) is 189 Å². The molecule has 1 saturated heterocycles. The maximum absolute atomic E-state index is 13.1. The minimum Gasteiger partial charge on any atom is -0.394 e. The Kier molecular flexibility index (Phi) is 41.6. The van der Waals surface area contributed by atoms with Crippen LogP contribution >= 0.6 is 0 Å². The fourth-order valence-corrected chi connectivity index (χ4v) is 8.77. The van der Waals surface area contributed by atoms with Crippen LogP contribution in [0.5, 0.6) is 0 Å². The van der Waals surface area contributed by atoms with Crippen LogP contribution in [0.15, 0.2) is 24.3 Å². The minimum atomic E-state index is -1.66. The lowest BCUT2D eigenvalue weighted by Gasteiger charge is -2.40. The van der Waals surface area contributed by atoms with Crippen molar-refractivity contribution in [2.45, 2.75) is 300 Å². The number of ether oxygens (including phenoxy) is 2. The molecule has 1 fully saturated rings. The van der Waals surface area contributed by atoms with E-state index in [9.17, 15) is 40.5 Å². The van der Waals surface area contributed by atoms with E-state index in [0.29, 0.717) is 19.3 Å². The molecule has 0 aromatic carbocycles. The SMILES string of the molecule is CCCCC/C=C\C/C=C\CCCCCCCCC(O)C(=O)NC(COC1OC(CO)C(O)C(O)C1O)C(O)C(O)CCCCCCCCCCCCCCCCCCCCCCCC. The smallest absolute Gasteiger partial charge is 0.249 e. The highest BCUT2D eigenvalue weighted by atomic mass is 16.7. The maximum atomic E-state index is 13.1. The van der Waals surface area contributed by atoms with E-state index in [0.717, 1.165) is 64.2 Å². The molecule has 0 aromatic heterocycles. The first kappa shape index (κ1) is 61.6. The molecule has 8 N–H and O–H groups in total. The van der Waals surface area contributed by atoms with Gasteiger partial charge >= 0.3 is 0 Å². The minimum absolute atomic E-state index is 0.249. The van der Waals surface area contributed by atoms with Gasteiger partial charge in [-0.25, -0.2) is 0 Å². The lowest BCUT2D eigenvalue weighted by molar-refractivity contribution is -0.303. The quantitative estimate of drug-likeness (QED) is 0.0216. The highest BCUT2D eigenvalue weighted by Crippen LogP contribution is 2.23. The summed E-state index contributed by atoms with van der Waals surface area (Å²) >= 11 is 0. The van der Waals surface area contributed by atoms with Crippen LogP contribution in [0.1, 0.15) is 245 Å². The van der Waals surface area contributed by atoms with Crippen LogP contribution in [0.3, 0.4) is 0 Å². The molecule has 9 atom stereocenters. The zero-order valence-corrected chi connectivity index (χ0v) is 41.7. The number of hydrogen-bond acceptors (Lipinski definition) is 10. The number of aliphatic hydroxyl groups excluding tert-OH is 7. The first-order valence-corrected chi connectivity index (χ1v) is 27.2. The lowest BCUT2D eigenvalue weighted by atomic mass is 9.98. The third-order valence-corrected chi connectivity index (χ3v) is 13.3. The van der Waals surface area contributed by atoms with Gasteiger partial charge in [-0.3, -0.25) is 4.79 Å². The Hall–Kier alpha value is -1.41. The van der Waals surface area contributed by atoms with E-state index >= 15 is 0 Å². The molecule has 11 heteroatoms. The van der Waals surface area contributed by atoms with Gasteiger partial charge in [-0.05, 0) is 44.9 Å². The summed E-state index contributed by atoms with van der Waals surface area (Å²) < 4.78 is 11.1.